The summed E-state index contributed by atoms with van der Waals surface area (Å²) >= 11 is 0. The smallest absolute Gasteiger partial charge is 0.141 e. The van der Waals surface area contributed by atoms with E-state index in [-0.39, 0.29) is 0 Å². The van der Waals surface area contributed by atoms with Gasteiger partial charge in [-0.1, -0.05) is 18.2 Å². The Kier molecular flexibility index (Phi) is 2.78. The Hall–Kier alpha value is -2.20. The summed E-state index contributed by atoms with van der Waals surface area (Å²) in [6.07, 6.45) is 6.22. The Morgan fingerprint density at radius 2 is 2.11 bits per heavy atom. The Morgan fingerprint density at radius 1 is 1.22 bits per heavy atom. The lowest BCUT2D eigenvalue weighted by Gasteiger charge is -2.10. The standard InChI is InChI=1S/C14H14N4/c15-6-5-12-9-11-3-1-2-4-13(11)17-14(12)18-8-7-16-10-18/h1-4,7-10H,5-6,15H2. The summed E-state index contributed by atoms with van der Waals surface area (Å²) in [4.78, 5) is 8.78. The first kappa shape index (κ1) is 10.9. The molecule has 2 heterocycles. The highest BCUT2D eigenvalue weighted by Crippen LogP contribution is 2.19. The molecule has 0 atom stereocenters. The fourth-order valence-electron chi connectivity index (χ4n) is 2.10. The van der Waals surface area contributed by atoms with Gasteiger partial charge in [-0.25, -0.2) is 9.97 Å². The van der Waals surface area contributed by atoms with Crippen LogP contribution in [0.25, 0.3) is 16.7 Å². The molecule has 0 aliphatic carbocycles. The molecular weight excluding hydrogens is 224 g/mol. The third kappa shape index (κ3) is 1.87. The minimum atomic E-state index is 0.613. The molecule has 0 amide bonds. The fraction of sp³-hybridized carbons (Fsp3) is 0.143. The molecule has 0 saturated carbocycles. The predicted octanol–water partition coefficient (Wildman–Crippen LogP) is 1.92. The van der Waals surface area contributed by atoms with Crippen molar-refractivity contribution in [1.29, 1.82) is 0 Å². The number of para-hydroxylation sites is 1. The SMILES string of the molecule is NCCc1cc2ccccc2nc1-n1ccnc1. The summed E-state index contributed by atoms with van der Waals surface area (Å²) in [5, 5.41) is 1.14. The zero-order chi connectivity index (χ0) is 12.4. The number of fused-ring (bicyclic) bond motifs is 1. The van der Waals surface area contributed by atoms with Gasteiger partial charge in [-0.2, -0.15) is 0 Å². The van der Waals surface area contributed by atoms with Gasteiger partial charge < -0.3 is 5.73 Å². The first-order valence-electron chi connectivity index (χ1n) is 5.95. The van der Waals surface area contributed by atoms with Crippen LogP contribution in [0, 0.1) is 0 Å². The number of aromatic nitrogens is 3. The van der Waals surface area contributed by atoms with Crippen LogP contribution >= 0.6 is 0 Å². The minimum absolute atomic E-state index is 0.613. The fourth-order valence-corrected chi connectivity index (χ4v) is 2.10. The number of nitrogens with two attached hydrogens (primary N) is 1. The molecule has 3 rings (SSSR count). The van der Waals surface area contributed by atoms with Gasteiger partial charge in [0.25, 0.3) is 0 Å². The number of hydrogen-bond acceptors (Lipinski definition) is 3. The van der Waals surface area contributed by atoms with Crippen molar-refractivity contribution in [3.63, 3.8) is 0 Å². The lowest BCUT2D eigenvalue weighted by atomic mass is 10.1. The van der Waals surface area contributed by atoms with Gasteiger partial charge in [-0.15, -0.1) is 0 Å². The minimum Gasteiger partial charge on any atom is -0.330 e. The van der Waals surface area contributed by atoms with Crippen LogP contribution < -0.4 is 5.73 Å². The number of pyridine rings is 1. The molecule has 0 fully saturated rings. The molecule has 0 aliphatic rings. The van der Waals surface area contributed by atoms with Crippen molar-refractivity contribution in [3.05, 3.63) is 54.6 Å². The molecule has 2 N–H and O–H groups in total. The van der Waals surface area contributed by atoms with E-state index in [2.05, 4.69) is 17.1 Å². The molecule has 4 nitrogen and oxygen atoms in total. The van der Waals surface area contributed by atoms with Crippen LogP contribution in [-0.4, -0.2) is 21.1 Å². The van der Waals surface area contributed by atoms with Crippen LogP contribution in [0.1, 0.15) is 5.56 Å². The maximum Gasteiger partial charge on any atom is 0.141 e. The van der Waals surface area contributed by atoms with Crippen molar-refractivity contribution >= 4 is 10.9 Å². The summed E-state index contributed by atoms with van der Waals surface area (Å²) in [6.45, 7) is 0.613. The van der Waals surface area contributed by atoms with E-state index in [0.717, 1.165) is 28.7 Å². The maximum atomic E-state index is 5.67. The lowest BCUT2D eigenvalue weighted by Crippen LogP contribution is -2.08. The molecule has 0 saturated heterocycles. The highest BCUT2D eigenvalue weighted by atomic mass is 15.1. The second-order valence-corrected chi connectivity index (χ2v) is 4.17. The van der Waals surface area contributed by atoms with Gasteiger partial charge in [0, 0.05) is 17.8 Å². The average molecular weight is 238 g/mol. The van der Waals surface area contributed by atoms with Crippen LogP contribution in [-0.2, 0) is 6.42 Å². The van der Waals surface area contributed by atoms with Crippen molar-refractivity contribution in [2.24, 2.45) is 5.73 Å². The van der Waals surface area contributed by atoms with Gasteiger partial charge in [-0.3, -0.25) is 4.57 Å². The summed E-state index contributed by atoms with van der Waals surface area (Å²) in [7, 11) is 0. The number of rotatable bonds is 3. The Morgan fingerprint density at radius 3 is 2.89 bits per heavy atom. The molecule has 0 spiro atoms. The first-order chi connectivity index (χ1) is 8.88. The summed E-state index contributed by atoms with van der Waals surface area (Å²) in [6, 6.07) is 10.3. The van der Waals surface area contributed by atoms with Gasteiger partial charge in [0.2, 0.25) is 0 Å². The number of imidazole rings is 1. The summed E-state index contributed by atoms with van der Waals surface area (Å²) in [5.74, 6) is 0.914. The van der Waals surface area contributed by atoms with Crippen LogP contribution in [0.5, 0.6) is 0 Å². The van der Waals surface area contributed by atoms with Gasteiger partial charge in [0.1, 0.15) is 12.1 Å². The van der Waals surface area contributed by atoms with Crippen LogP contribution in [0.15, 0.2) is 49.1 Å². The second kappa shape index (κ2) is 4.58. The van der Waals surface area contributed by atoms with Crippen molar-refractivity contribution in [1.82, 2.24) is 14.5 Å². The van der Waals surface area contributed by atoms with E-state index in [1.54, 1.807) is 12.5 Å². The molecule has 2 aromatic heterocycles. The maximum absolute atomic E-state index is 5.67. The third-order valence-corrected chi connectivity index (χ3v) is 2.94. The van der Waals surface area contributed by atoms with Gasteiger partial charge >= 0.3 is 0 Å². The van der Waals surface area contributed by atoms with E-state index in [1.165, 1.54) is 0 Å². The third-order valence-electron chi connectivity index (χ3n) is 2.94. The molecule has 0 aliphatic heterocycles. The summed E-state index contributed by atoms with van der Waals surface area (Å²) < 4.78 is 1.93. The zero-order valence-electron chi connectivity index (χ0n) is 9.95. The van der Waals surface area contributed by atoms with E-state index in [4.69, 9.17) is 10.7 Å². The molecule has 4 heteroatoms. The topological polar surface area (TPSA) is 56.7 Å². The monoisotopic (exact) mass is 238 g/mol. The van der Waals surface area contributed by atoms with Crippen molar-refractivity contribution in [2.75, 3.05) is 6.54 Å². The molecule has 18 heavy (non-hydrogen) atoms. The van der Waals surface area contributed by atoms with Gasteiger partial charge in [0.15, 0.2) is 0 Å². The average Bonchev–Trinajstić information content (AvgIpc) is 2.92. The number of nitrogens with zero attached hydrogens (tertiary/aromatic N) is 3. The van der Waals surface area contributed by atoms with Crippen LogP contribution in [0.3, 0.4) is 0 Å². The number of hydrogen-bond donors (Lipinski definition) is 1. The molecular formula is C14H14N4. The predicted molar refractivity (Wildman–Crippen MR) is 71.6 cm³/mol. The quantitative estimate of drug-likeness (QED) is 0.758. The molecule has 0 bridgehead atoms. The van der Waals surface area contributed by atoms with Crippen LogP contribution in [0.2, 0.25) is 0 Å². The van der Waals surface area contributed by atoms with E-state index < -0.39 is 0 Å². The normalized spacial score (nSPS) is 10.9. The van der Waals surface area contributed by atoms with Crippen molar-refractivity contribution in [2.45, 2.75) is 6.42 Å². The van der Waals surface area contributed by atoms with E-state index >= 15 is 0 Å². The Bertz CT molecular complexity index is 659. The second-order valence-electron chi connectivity index (χ2n) is 4.17. The lowest BCUT2D eigenvalue weighted by molar-refractivity contribution is 0.912. The molecule has 90 valence electrons. The first-order valence-corrected chi connectivity index (χ1v) is 5.95. The highest BCUT2D eigenvalue weighted by molar-refractivity contribution is 5.80. The Balaban J connectivity index is 2.24. The number of benzene rings is 1. The molecule has 0 radical (unpaired) electrons. The molecule has 0 unspecified atom stereocenters. The van der Waals surface area contributed by atoms with Gasteiger partial charge in [0.05, 0.1) is 5.52 Å². The highest BCUT2D eigenvalue weighted by Gasteiger charge is 2.07. The largest absolute Gasteiger partial charge is 0.330 e. The summed E-state index contributed by atoms with van der Waals surface area (Å²) in [5.41, 5.74) is 7.81. The Labute approximate surface area is 105 Å². The van der Waals surface area contributed by atoms with Crippen molar-refractivity contribution in [3.8, 4) is 5.82 Å². The molecule has 1 aromatic carbocycles. The van der Waals surface area contributed by atoms with E-state index in [9.17, 15) is 0 Å². The van der Waals surface area contributed by atoms with Crippen LogP contribution in [0.4, 0.5) is 0 Å². The van der Waals surface area contributed by atoms with E-state index in [0.29, 0.717) is 6.54 Å². The van der Waals surface area contributed by atoms with E-state index in [1.807, 2.05) is 29.0 Å². The van der Waals surface area contributed by atoms with Crippen molar-refractivity contribution < 1.29 is 0 Å². The zero-order valence-corrected chi connectivity index (χ0v) is 9.95. The van der Waals surface area contributed by atoms with Gasteiger partial charge in [-0.05, 0) is 30.7 Å². The molecule has 3 aromatic rings.